The lowest BCUT2D eigenvalue weighted by Gasteiger charge is -2.21. The van der Waals surface area contributed by atoms with Gasteiger partial charge in [0.25, 0.3) is 0 Å². The van der Waals surface area contributed by atoms with Crippen LogP contribution in [0.1, 0.15) is 63.9 Å². The number of carbonyl (C=O) groups is 2. The number of halogens is 5. The molecule has 0 spiro atoms. The zero-order chi connectivity index (χ0) is 32.5. The molecule has 4 aromatic carbocycles. The van der Waals surface area contributed by atoms with Crippen molar-refractivity contribution in [3.8, 4) is 28.3 Å². The number of Topliss-reactive ketones (excluding diaryl/α,β-unsaturated/α-hetero) is 1. The normalized spacial score (nSPS) is 12.3. The number of ketones is 1. The highest BCUT2D eigenvalue weighted by Gasteiger charge is 2.35. The van der Waals surface area contributed by atoms with Crippen molar-refractivity contribution in [3.05, 3.63) is 106 Å². The molecule has 1 aromatic heterocycles. The standard InChI is InChI=1S/C34H27ClF4N2O4/c1-3-7-18(20-8-4-5-10-24(20)34(37,38)39)15-29(42)19-12-13-21(23(14-19)33(43)44)31-22(9-6-11-25(31)35)32-40-27-16-26(36)30(45-2)17-28(27)41-32/h4-6,8-14,16-18H,3,7,15H2,1-2H3,(H,40,41)(H,43,44). The summed E-state index contributed by atoms with van der Waals surface area (Å²) in [7, 11) is 1.33. The second-order valence-corrected chi connectivity index (χ2v) is 10.9. The molecule has 0 aliphatic rings. The van der Waals surface area contributed by atoms with Gasteiger partial charge in [-0.15, -0.1) is 0 Å². The van der Waals surface area contributed by atoms with Crippen LogP contribution in [0, 0.1) is 5.82 Å². The maximum absolute atomic E-state index is 14.3. The number of nitrogens with zero attached hydrogens (tertiary/aromatic N) is 1. The van der Waals surface area contributed by atoms with Gasteiger partial charge in [-0.1, -0.05) is 67.4 Å². The molecule has 0 aliphatic carbocycles. The van der Waals surface area contributed by atoms with Crippen molar-refractivity contribution in [1.82, 2.24) is 9.97 Å². The Bertz CT molecular complexity index is 1920. The molecule has 0 saturated heterocycles. The first-order chi connectivity index (χ1) is 21.4. The van der Waals surface area contributed by atoms with Crippen LogP contribution < -0.4 is 4.74 Å². The van der Waals surface area contributed by atoms with Crippen LogP contribution in [0.2, 0.25) is 5.02 Å². The molecular weight excluding hydrogens is 612 g/mol. The number of carbonyl (C=O) groups excluding carboxylic acids is 1. The van der Waals surface area contributed by atoms with E-state index in [-0.39, 0.29) is 45.3 Å². The average Bonchev–Trinajstić information content (AvgIpc) is 3.42. The monoisotopic (exact) mass is 638 g/mol. The van der Waals surface area contributed by atoms with Crippen molar-refractivity contribution in [2.24, 2.45) is 0 Å². The fourth-order valence-electron chi connectivity index (χ4n) is 5.57. The Morgan fingerprint density at radius 2 is 1.78 bits per heavy atom. The van der Waals surface area contributed by atoms with Crippen molar-refractivity contribution in [2.45, 2.75) is 38.3 Å². The fourth-order valence-corrected chi connectivity index (χ4v) is 5.85. The fraction of sp³-hybridized carbons (Fsp3) is 0.206. The molecule has 0 fully saturated rings. The average molecular weight is 639 g/mol. The number of alkyl halides is 3. The second-order valence-electron chi connectivity index (χ2n) is 10.5. The third-order valence-corrected chi connectivity index (χ3v) is 7.96. The summed E-state index contributed by atoms with van der Waals surface area (Å²) in [5.41, 5.74) is 0.746. The van der Waals surface area contributed by atoms with Crippen LogP contribution in [-0.4, -0.2) is 33.9 Å². The van der Waals surface area contributed by atoms with Gasteiger partial charge in [-0.25, -0.2) is 14.2 Å². The molecule has 45 heavy (non-hydrogen) atoms. The number of methoxy groups -OCH3 is 1. The summed E-state index contributed by atoms with van der Waals surface area (Å²) >= 11 is 6.61. The van der Waals surface area contributed by atoms with Gasteiger partial charge in [0.05, 0.1) is 29.3 Å². The zero-order valence-corrected chi connectivity index (χ0v) is 24.9. The lowest BCUT2D eigenvalue weighted by molar-refractivity contribution is -0.138. The van der Waals surface area contributed by atoms with Gasteiger partial charge >= 0.3 is 12.1 Å². The number of benzene rings is 4. The Morgan fingerprint density at radius 3 is 2.47 bits per heavy atom. The van der Waals surface area contributed by atoms with Gasteiger partial charge in [-0.2, -0.15) is 13.2 Å². The third-order valence-electron chi connectivity index (χ3n) is 7.64. The van der Waals surface area contributed by atoms with Gasteiger partial charge in [0.2, 0.25) is 0 Å². The molecule has 1 heterocycles. The van der Waals surface area contributed by atoms with Crippen LogP contribution in [0.4, 0.5) is 17.6 Å². The number of imidazole rings is 1. The summed E-state index contributed by atoms with van der Waals surface area (Å²) in [6, 6.07) is 16.8. The minimum absolute atomic E-state index is 0.00311. The minimum atomic E-state index is -4.59. The number of rotatable bonds is 10. The molecule has 0 radical (unpaired) electrons. The molecule has 0 bridgehead atoms. The van der Waals surface area contributed by atoms with Crippen LogP contribution in [-0.2, 0) is 6.18 Å². The zero-order valence-electron chi connectivity index (χ0n) is 24.1. The number of aromatic amines is 1. The van der Waals surface area contributed by atoms with Crippen LogP contribution in [0.25, 0.3) is 33.5 Å². The third kappa shape index (κ3) is 6.42. The van der Waals surface area contributed by atoms with Crippen LogP contribution >= 0.6 is 11.6 Å². The number of carboxylic acid groups (broad SMARTS) is 1. The van der Waals surface area contributed by atoms with Crippen molar-refractivity contribution in [1.29, 1.82) is 0 Å². The summed E-state index contributed by atoms with van der Waals surface area (Å²) in [5.74, 6) is -2.86. The molecule has 1 unspecified atom stereocenters. The Balaban J connectivity index is 1.55. The molecule has 5 rings (SSSR count). The predicted molar refractivity (Wildman–Crippen MR) is 163 cm³/mol. The minimum Gasteiger partial charge on any atom is -0.494 e. The highest BCUT2D eigenvalue weighted by molar-refractivity contribution is 6.34. The smallest absolute Gasteiger partial charge is 0.416 e. The van der Waals surface area contributed by atoms with Gasteiger partial charge in [0.1, 0.15) is 5.82 Å². The molecule has 1 atom stereocenters. The van der Waals surface area contributed by atoms with E-state index in [0.717, 1.165) is 6.07 Å². The largest absolute Gasteiger partial charge is 0.494 e. The number of nitrogens with one attached hydrogen (secondary N) is 1. The van der Waals surface area contributed by atoms with E-state index >= 15 is 0 Å². The Morgan fingerprint density at radius 1 is 1.02 bits per heavy atom. The Hall–Kier alpha value is -4.70. The van der Waals surface area contributed by atoms with Gasteiger partial charge < -0.3 is 14.8 Å². The van der Waals surface area contributed by atoms with E-state index in [9.17, 15) is 32.3 Å². The maximum atomic E-state index is 14.3. The van der Waals surface area contributed by atoms with Crippen LogP contribution in [0.5, 0.6) is 5.75 Å². The molecule has 5 aromatic rings. The van der Waals surface area contributed by atoms with E-state index in [4.69, 9.17) is 16.3 Å². The van der Waals surface area contributed by atoms with Gasteiger partial charge in [0, 0.05) is 40.3 Å². The second kappa shape index (κ2) is 12.7. The lowest BCUT2D eigenvalue weighted by Crippen LogP contribution is -2.15. The first-order valence-corrected chi connectivity index (χ1v) is 14.4. The molecule has 6 nitrogen and oxygen atoms in total. The molecule has 232 valence electrons. The lowest BCUT2D eigenvalue weighted by atomic mass is 9.84. The molecule has 0 saturated carbocycles. The molecule has 2 N–H and O–H groups in total. The number of ether oxygens (including phenoxy) is 1. The summed E-state index contributed by atoms with van der Waals surface area (Å²) in [6.07, 6.45) is -3.95. The topological polar surface area (TPSA) is 92.3 Å². The summed E-state index contributed by atoms with van der Waals surface area (Å²) in [5, 5.41) is 10.4. The maximum Gasteiger partial charge on any atom is 0.416 e. The Labute approximate surface area is 260 Å². The van der Waals surface area contributed by atoms with Crippen molar-refractivity contribution in [3.63, 3.8) is 0 Å². The van der Waals surface area contributed by atoms with E-state index in [1.807, 2.05) is 6.92 Å². The highest BCUT2D eigenvalue weighted by atomic mass is 35.5. The van der Waals surface area contributed by atoms with E-state index in [1.165, 1.54) is 55.6 Å². The van der Waals surface area contributed by atoms with E-state index in [1.54, 1.807) is 18.2 Å². The number of aromatic nitrogens is 2. The predicted octanol–water partition coefficient (Wildman–Crippen LogP) is 9.57. The summed E-state index contributed by atoms with van der Waals surface area (Å²) < 4.78 is 60.7. The van der Waals surface area contributed by atoms with Crippen molar-refractivity contribution < 1.29 is 37.0 Å². The summed E-state index contributed by atoms with van der Waals surface area (Å²) in [6.45, 7) is 1.82. The van der Waals surface area contributed by atoms with Crippen LogP contribution in [0.3, 0.4) is 0 Å². The number of aromatic carboxylic acids is 1. The number of H-pyrrole nitrogens is 1. The molecular formula is C34H27ClF4N2O4. The number of carboxylic acids is 1. The van der Waals surface area contributed by atoms with E-state index in [0.29, 0.717) is 35.0 Å². The SMILES string of the molecule is CCCC(CC(=O)c1ccc(-c2c(Cl)cccc2-c2nc3cc(OC)c(F)cc3[nH]2)c(C(=O)O)c1)c1ccccc1C(F)(F)F. The number of fused-ring (bicyclic) bond motifs is 1. The van der Waals surface area contributed by atoms with Crippen LogP contribution in [0.15, 0.2) is 72.8 Å². The first kappa shape index (κ1) is 31.7. The van der Waals surface area contributed by atoms with Gasteiger partial charge in [-0.05, 0) is 41.7 Å². The summed E-state index contributed by atoms with van der Waals surface area (Å²) in [4.78, 5) is 33.6. The number of hydrogen-bond donors (Lipinski definition) is 2. The van der Waals surface area contributed by atoms with Crippen molar-refractivity contribution >= 4 is 34.4 Å². The van der Waals surface area contributed by atoms with Crippen molar-refractivity contribution in [2.75, 3.05) is 7.11 Å². The van der Waals surface area contributed by atoms with Gasteiger partial charge in [0.15, 0.2) is 17.3 Å². The number of hydrogen-bond acceptors (Lipinski definition) is 4. The quantitative estimate of drug-likeness (QED) is 0.117. The first-order valence-electron chi connectivity index (χ1n) is 14.0. The molecule has 0 amide bonds. The molecule has 0 aliphatic heterocycles. The molecule has 11 heteroatoms. The Kier molecular flexibility index (Phi) is 8.97. The van der Waals surface area contributed by atoms with E-state index in [2.05, 4.69) is 9.97 Å². The highest BCUT2D eigenvalue weighted by Crippen LogP contribution is 2.41. The van der Waals surface area contributed by atoms with E-state index < -0.39 is 35.2 Å². The van der Waals surface area contributed by atoms with Gasteiger partial charge in [-0.3, -0.25) is 4.79 Å².